The summed E-state index contributed by atoms with van der Waals surface area (Å²) in [5.41, 5.74) is 21.8. The van der Waals surface area contributed by atoms with Crippen molar-refractivity contribution >= 4 is 23.3 Å². The van der Waals surface area contributed by atoms with Crippen molar-refractivity contribution < 1.29 is 0 Å². The van der Waals surface area contributed by atoms with E-state index < -0.39 is 0 Å². The third kappa shape index (κ3) is 2.61. The number of nitrogens with two attached hydrogens (primary N) is 3. The van der Waals surface area contributed by atoms with E-state index in [9.17, 15) is 0 Å². The maximum atomic E-state index is 5.89. The lowest BCUT2D eigenvalue weighted by Crippen LogP contribution is -2.01. The summed E-state index contributed by atoms with van der Waals surface area (Å²) in [7, 11) is 0. The molecule has 0 spiro atoms. The monoisotopic (exact) mass is 267 g/mol. The van der Waals surface area contributed by atoms with Crippen LogP contribution >= 0.6 is 0 Å². The third-order valence-corrected chi connectivity index (χ3v) is 3.03. The van der Waals surface area contributed by atoms with Crippen LogP contribution in [0.3, 0.4) is 0 Å². The van der Waals surface area contributed by atoms with E-state index >= 15 is 0 Å². The molecule has 0 unspecified atom stereocenters. The molecular formula is C15H17N5. The van der Waals surface area contributed by atoms with Crippen LogP contribution in [0.5, 0.6) is 0 Å². The summed E-state index contributed by atoms with van der Waals surface area (Å²) in [5, 5.41) is 0. The quantitative estimate of drug-likeness (QED) is 0.737. The van der Waals surface area contributed by atoms with Crippen LogP contribution in [0, 0.1) is 6.92 Å². The first-order chi connectivity index (χ1) is 9.52. The summed E-state index contributed by atoms with van der Waals surface area (Å²) < 4.78 is 0. The molecule has 0 fully saturated rings. The zero-order chi connectivity index (χ0) is 14.7. The Labute approximate surface area is 117 Å². The average molecular weight is 267 g/mol. The Bertz CT molecular complexity index is 689. The maximum Gasteiger partial charge on any atom is 0.220 e. The van der Waals surface area contributed by atoms with Gasteiger partial charge in [0.2, 0.25) is 5.95 Å². The summed E-state index contributed by atoms with van der Waals surface area (Å²) >= 11 is 0. The molecule has 0 aliphatic heterocycles. The van der Waals surface area contributed by atoms with Gasteiger partial charge in [-0.05, 0) is 48.0 Å². The predicted molar refractivity (Wildman–Crippen MR) is 83.4 cm³/mol. The van der Waals surface area contributed by atoms with Crippen LogP contribution in [0.15, 0.2) is 37.2 Å². The molecule has 0 aliphatic rings. The zero-order valence-electron chi connectivity index (χ0n) is 11.3. The van der Waals surface area contributed by atoms with Crippen LogP contribution in [0.25, 0.3) is 11.6 Å². The SMILES string of the molecule is C=C(c1ccc(N)c(/C=C\N)c1)c1cnc(N)nc1C. The average Bonchev–Trinajstić information content (AvgIpc) is 2.41. The molecular weight excluding hydrogens is 250 g/mol. The van der Waals surface area contributed by atoms with Gasteiger partial charge in [0, 0.05) is 17.4 Å². The largest absolute Gasteiger partial charge is 0.405 e. The molecule has 102 valence electrons. The molecule has 2 rings (SSSR count). The minimum absolute atomic E-state index is 0.253. The summed E-state index contributed by atoms with van der Waals surface area (Å²) in [4.78, 5) is 8.15. The number of anilines is 2. The Kier molecular flexibility index (Phi) is 3.70. The molecule has 0 bridgehead atoms. The van der Waals surface area contributed by atoms with Crippen LogP contribution in [-0.4, -0.2) is 9.97 Å². The van der Waals surface area contributed by atoms with Gasteiger partial charge in [0.15, 0.2) is 0 Å². The molecule has 0 aliphatic carbocycles. The van der Waals surface area contributed by atoms with Crippen LogP contribution in [0.2, 0.25) is 0 Å². The highest BCUT2D eigenvalue weighted by Crippen LogP contribution is 2.26. The first-order valence-electron chi connectivity index (χ1n) is 6.09. The van der Waals surface area contributed by atoms with Crippen molar-refractivity contribution in [3.8, 4) is 0 Å². The molecule has 5 heteroatoms. The standard InChI is InChI=1S/C15H17N5/c1-9(13-8-19-15(18)20-10(13)2)11-3-4-14(17)12(7-11)5-6-16/h3-8H,1,16-17H2,2H3,(H2,18,19,20)/b6-5-. The number of benzene rings is 1. The number of hydrogen-bond acceptors (Lipinski definition) is 5. The van der Waals surface area contributed by atoms with E-state index in [1.165, 1.54) is 6.20 Å². The van der Waals surface area contributed by atoms with E-state index in [1.807, 2.05) is 25.1 Å². The molecule has 0 atom stereocenters. The van der Waals surface area contributed by atoms with E-state index in [-0.39, 0.29) is 5.95 Å². The Morgan fingerprint density at radius 3 is 2.70 bits per heavy atom. The number of nitrogens with zero attached hydrogens (tertiary/aromatic N) is 2. The van der Waals surface area contributed by atoms with Gasteiger partial charge >= 0.3 is 0 Å². The van der Waals surface area contributed by atoms with Gasteiger partial charge < -0.3 is 17.2 Å². The summed E-state index contributed by atoms with van der Waals surface area (Å²) in [6.45, 7) is 5.97. The van der Waals surface area contributed by atoms with E-state index in [0.717, 1.165) is 28.0 Å². The van der Waals surface area contributed by atoms with Gasteiger partial charge in [-0.1, -0.05) is 12.6 Å². The van der Waals surface area contributed by atoms with Crippen LogP contribution in [-0.2, 0) is 0 Å². The summed E-state index contributed by atoms with van der Waals surface area (Å²) in [5.74, 6) is 0.253. The topological polar surface area (TPSA) is 104 Å². The molecule has 2 aromatic rings. The van der Waals surface area contributed by atoms with Crippen LogP contribution in [0.4, 0.5) is 11.6 Å². The molecule has 0 amide bonds. The van der Waals surface area contributed by atoms with Gasteiger partial charge in [0.05, 0.1) is 5.69 Å². The van der Waals surface area contributed by atoms with Crippen molar-refractivity contribution in [3.05, 3.63) is 59.6 Å². The lowest BCUT2D eigenvalue weighted by atomic mass is 9.97. The fourth-order valence-electron chi connectivity index (χ4n) is 1.95. The van der Waals surface area contributed by atoms with Crippen LogP contribution < -0.4 is 17.2 Å². The molecule has 0 saturated heterocycles. The Morgan fingerprint density at radius 1 is 1.30 bits per heavy atom. The van der Waals surface area contributed by atoms with Gasteiger partial charge in [-0.3, -0.25) is 0 Å². The fraction of sp³-hybridized carbons (Fsp3) is 0.0667. The summed E-state index contributed by atoms with van der Waals surface area (Å²) in [6, 6.07) is 5.65. The molecule has 6 N–H and O–H groups in total. The van der Waals surface area contributed by atoms with Gasteiger partial charge in [-0.15, -0.1) is 0 Å². The number of aryl methyl sites for hydroxylation is 1. The minimum atomic E-state index is 0.253. The first kappa shape index (κ1) is 13.6. The lowest BCUT2D eigenvalue weighted by Gasteiger charge is -2.11. The first-order valence-corrected chi connectivity index (χ1v) is 6.09. The molecule has 1 aromatic heterocycles. The molecule has 1 heterocycles. The second kappa shape index (κ2) is 5.44. The van der Waals surface area contributed by atoms with E-state index in [2.05, 4.69) is 16.5 Å². The van der Waals surface area contributed by atoms with E-state index in [1.54, 1.807) is 12.3 Å². The van der Waals surface area contributed by atoms with E-state index in [0.29, 0.717) is 5.69 Å². The Morgan fingerprint density at radius 2 is 2.05 bits per heavy atom. The minimum Gasteiger partial charge on any atom is -0.405 e. The van der Waals surface area contributed by atoms with E-state index in [4.69, 9.17) is 17.2 Å². The second-order valence-corrected chi connectivity index (χ2v) is 4.41. The van der Waals surface area contributed by atoms with Gasteiger partial charge in [0.1, 0.15) is 0 Å². The van der Waals surface area contributed by atoms with Gasteiger partial charge in [0.25, 0.3) is 0 Å². The Hall–Kier alpha value is -2.82. The highest BCUT2D eigenvalue weighted by Gasteiger charge is 2.09. The normalized spacial score (nSPS) is 10.8. The number of nitrogen functional groups attached to an aromatic ring is 2. The smallest absolute Gasteiger partial charge is 0.220 e. The van der Waals surface area contributed by atoms with Crippen molar-refractivity contribution in [1.82, 2.24) is 9.97 Å². The van der Waals surface area contributed by atoms with Crippen molar-refractivity contribution in [1.29, 1.82) is 0 Å². The fourth-order valence-corrected chi connectivity index (χ4v) is 1.95. The lowest BCUT2D eigenvalue weighted by molar-refractivity contribution is 1.10. The predicted octanol–water partition coefficient (Wildman–Crippen LogP) is 1.94. The molecule has 0 saturated carbocycles. The highest BCUT2D eigenvalue weighted by molar-refractivity contribution is 5.81. The van der Waals surface area contributed by atoms with Crippen LogP contribution in [0.1, 0.15) is 22.4 Å². The zero-order valence-corrected chi connectivity index (χ0v) is 11.3. The maximum absolute atomic E-state index is 5.89. The summed E-state index contributed by atoms with van der Waals surface area (Å²) in [6.07, 6.45) is 4.88. The number of aromatic nitrogens is 2. The van der Waals surface area contributed by atoms with Gasteiger partial charge in [-0.2, -0.15) is 0 Å². The van der Waals surface area contributed by atoms with Crippen molar-refractivity contribution in [2.24, 2.45) is 5.73 Å². The molecule has 0 radical (unpaired) electrons. The Balaban J connectivity index is 2.45. The molecule has 1 aromatic carbocycles. The van der Waals surface area contributed by atoms with Gasteiger partial charge in [-0.25, -0.2) is 9.97 Å². The number of rotatable bonds is 3. The van der Waals surface area contributed by atoms with Crippen molar-refractivity contribution in [2.45, 2.75) is 6.92 Å². The third-order valence-electron chi connectivity index (χ3n) is 3.03. The second-order valence-electron chi connectivity index (χ2n) is 4.41. The molecule has 20 heavy (non-hydrogen) atoms. The van der Waals surface area contributed by atoms with Crippen molar-refractivity contribution in [2.75, 3.05) is 11.5 Å². The molecule has 5 nitrogen and oxygen atoms in total. The number of hydrogen-bond donors (Lipinski definition) is 3. The highest BCUT2D eigenvalue weighted by atomic mass is 15.0. The van der Waals surface area contributed by atoms with Crippen molar-refractivity contribution in [3.63, 3.8) is 0 Å².